The lowest BCUT2D eigenvalue weighted by Gasteiger charge is -2.36. The smallest absolute Gasteiger partial charge is 0.335 e. The van der Waals surface area contributed by atoms with Gasteiger partial charge in [0, 0.05) is 17.9 Å². The second-order valence-corrected chi connectivity index (χ2v) is 7.63. The molecule has 2 heterocycles. The van der Waals surface area contributed by atoms with E-state index in [0.717, 1.165) is 17.3 Å². The number of carboxylic acid groups (broad SMARTS) is 1. The fourth-order valence-corrected chi connectivity index (χ4v) is 3.95. The number of nitrogens with zero attached hydrogens (tertiary/aromatic N) is 3. The van der Waals surface area contributed by atoms with E-state index in [2.05, 4.69) is 4.98 Å². The van der Waals surface area contributed by atoms with Gasteiger partial charge in [0.05, 0.1) is 23.1 Å². The summed E-state index contributed by atoms with van der Waals surface area (Å²) in [7, 11) is 0. The third-order valence-electron chi connectivity index (χ3n) is 4.33. The zero-order valence-electron chi connectivity index (χ0n) is 14.2. The quantitative estimate of drug-likeness (QED) is 0.591. The van der Waals surface area contributed by atoms with Crippen molar-refractivity contribution < 1.29 is 20.1 Å². The Morgan fingerprint density at radius 3 is 2.56 bits per heavy atom. The number of aromatic nitrogens is 2. The number of β-amino-alcohol motifs (C(OH)–C–C–N with tert-alkyl or cyclic N) is 2. The molecule has 0 atom stereocenters. The molecule has 3 aromatic rings. The summed E-state index contributed by atoms with van der Waals surface area (Å²) in [5.41, 5.74) is 2.62. The molecule has 0 spiro atoms. The van der Waals surface area contributed by atoms with Crippen LogP contribution in [0.3, 0.4) is 0 Å². The minimum atomic E-state index is -1.87. The van der Waals surface area contributed by atoms with E-state index < -0.39 is 11.1 Å². The number of thioether (sulfide) groups is 1. The van der Waals surface area contributed by atoms with Gasteiger partial charge in [0.1, 0.15) is 5.69 Å². The van der Waals surface area contributed by atoms with Gasteiger partial charge in [-0.2, -0.15) is 0 Å². The Kier molecular flexibility index (Phi) is 4.47. The third-order valence-corrected chi connectivity index (χ3v) is 5.31. The van der Waals surface area contributed by atoms with Crippen LogP contribution in [0, 0.1) is 0 Å². The zero-order chi connectivity index (χ0) is 19.0. The highest BCUT2D eigenvalue weighted by atomic mass is 32.2. The van der Waals surface area contributed by atoms with Crippen LogP contribution in [0.15, 0.2) is 48.5 Å². The molecule has 0 radical (unpaired) electrons. The van der Waals surface area contributed by atoms with Crippen LogP contribution < -0.4 is 4.90 Å². The second-order valence-electron chi connectivity index (χ2n) is 6.28. The van der Waals surface area contributed by atoms with Crippen molar-refractivity contribution in [1.82, 2.24) is 9.97 Å². The van der Waals surface area contributed by atoms with Crippen LogP contribution in [0.5, 0.6) is 0 Å². The molecule has 1 aromatic heterocycles. The highest BCUT2D eigenvalue weighted by Crippen LogP contribution is 2.34. The van der Waals surface area contributed by atoms with Crippen molar-refractivity contribution in [2.75, 3.05) is 23.7 Å². The molecule has 27 heavy (non-hydrogen) atoms. The molecule has 0 saturated carbocycles. The van der Waals surface area contributed by atoms with Crippen molar-refractivity contribution in [2.45, 2.75) is 5.12 Å². The summed E-state index contributed by atoms with van der Waals surface area (Å²) in [6, 6.07) is 14.1. The van der Waals surface area contributed by atoms with E-state index in [9.17, 15) is 20.1 Å². The van der Waals surface area contributed by atoms with Gasteiger partial charge in [-0.3, -0.25) is 0 Å². The molecule has 0 aliphatic carbocycles. The summed E-state index contributed by atoms with van der Waals surface area (Å²) in [5, 5.41) is 27.5. The van der Waals surface area contributed by atoms with Crippen molar-refractivity contribution in [1.29, 1.82) is 0 Å². The predicted molar refractivity (Wildman–Crippen MR) is 104 cm³/mol. The highest BCUT2D eigenvalue weighted by molar-refractivity contribution is 8.00. The Morgan fingerprint density at radius 2 is 1.85 bits per heavy atom. The van der Waals surface area contributed by atoms with Gasteiger partial charge in [-0.25, -0.2) is 14.8 Å². The van der Waals surface area contributed by atoms with E-state index in [1.807, 2.05) is 30.3 Å². The molecule has 8 heteroatoms. The molecule has 7 nitrogen and oxygen atoms in total. The Labute approximate surface area is 159 Å². The first-order valence-corrected chi connectivity index (χ1v) is 9.36. The highest BCUT2D eigenvalue weighted by Gasteiger charge is 2.33. The van der Waals surface area contributed by atoms with Crippen molar-refractivity contribution in [3.05, 3.63) is 54.1 Å². The topological polar surface area (TPSA) is 107 Å². The minimum absolute atomic E-state index is 0.0176. The van der Waals surface area contributed by atoms with E-state index in [1.165, 1.54) is 12.1 Å². The van der Waals surface area contributed by atoms with Gasteiger partial charge in [0.25, 0.3) is 0 Å². The fraction of sp³-hybridized carbons (Fsp3) is 0.211. The third kappa shape index (κ3) is 3.59. The molecule has 1 saturated heterocycles. The van der Waals surface area contributed by atoms with Gasteiger partial charge >= 0.3 is 5.97 Å². The molecule has 4 rings (SSSR count). The summed E-state index contributed by atoms with van der Waals surface area (Å²) in [6.45, 7) is 0.558. The van der Waals surface area contributed by atoms with Gasteiger partial charge in [-0.1, -0.05) is 42.1 Å². The van der Waals surface area contributed by atoms with Crippen LogP contribution in [-0.2, 0) is 0 Å². The normalized spacial score (nSPS) is 16.4. The largest absolute Gasteiger partial charge is 0.478 e. The number of benzene rings is 2. The van der Waals surface area contributed by atoms with Crippen LogP contribution in [0.4, 0.5) is 5.82 Å². The zero-order valence-corrected chi connectivity index (χ0v) is 15.1. The minimum Gasteiger partial charge on any atom is -0.478 e. The number of aliphatic hydroxyl groups is 2. The Morgan fingerprint density at radius 1 is 1.07 bits per heavy atom. The molecule has 1 fully saturated rings. The summed E-state index contributed by atoms with van der Waals surface area (Å²) in [4.78, 5) is 22.4. The molecule has 2 aromatic carbocycles. The molecule has 1 aliphatic rings. The van der Waals surface area contributed by atoms with E-state index in [1.54, 1.807) is 11.0 Å². The maximum atomic E-state index is 11.3. The van der Waals surface area contributed by atoms with Crippen molar-refractivity contribution in [3.63, 3.8) is 0 Å². The van der Waals surface area contributed by atoms with Gasteiger partial charge in [0.15, 0.2) is 5.82 Å². The van der Waals surface area contributed by atoms with Crippen molar-refractivity contribution in [2.24, 2.45) is 0 Å². The van der Waals surface area contributed by atoms with E-state index >= 15 is 0 Å². The molecule has 138 valence electrons. The lowest BCUT2D eigenvalue weighted by Crippen LogP contribution is -2.47. The second kappa shape index (κ2) is 6.80. The summed E-state index contributed by atoms with van der Waals surface area (Å²) < 4.78 is 0. The van der Waals surface area contributed by atoms with Gasteiger partial charge < -0.3 is 20.2 Å². The van der Waals surface area contributed by atoms with Gasteiger partial charge in [-0.15, -0.1) is 0 Å². The first-order valence-electron chi connectivity index (χ1n) is 8.37. The number of hydrogen-bond acceptors (Lipinski definition) is 7. The summed E-state index contributed by atoms with van der Waals surface area (Å²) >= 11 is 1.07. The maximum Gasteiger partial charge on any atom is 0.335 e. The van der Waals surface area contributed by atoms with E-state index in [-0.39, 0.29) is 12.1 Å². The molecule has 0 amide bonds. The Hall–Kier alpha value is -2.68. The number of rotatable bonds is 3. The predicted octanol–water partition coefficient (Wildman–Crippen LogP) is 2.19. The SMILES string of the molecule is O=C(O)c1ccc2nc(-c3ccccc3)c(N3CCSC(O)(O)C3)nc2c1. The van der Waals surface area contributed by atoms with Crippen molar-refractivity contribution >= 4 is 34.6 Å². The van der Waals surface area contributed by atoms with Crippen LogP contribution >= 0.6 is 11.8 Å². The first-order chi connectivity index (χ1) is 12.9. The average Bonchev–Trinajstić information content (AvgIpc) is 2.66. The number of fused-ring (bicyclic) bond motifs is 1. The lowest BCUT2D eigenvalue weighted by atomic mass is 10.1. The van der Waals surface area contributed by atoms with E-state index in [0.29, 0.717) is 34.8 Å². The molecule has 0 unspecified atom stereocenters. The van der Waals surface area contributed by atoms with E-state index in [4.69, 9.17) is 4.98 Å². The number of carbonyl (C=O) groups is 1. The molecular formula is C19H17N3O4S. The monoisotopic (exact) mass is 383 g/mol. The van der Waals surface area contributed by atoms with Crippen LogP contribution in [0.2, 0.25) is 0 Å². The average molecular weight is 383 g/mol. The molecule has 3 N–H and O–H groups in total. The Bertz CT molecular complexity index is 1010. The van der Waals surface area contributed by atoms with Gasteiger partial charge in [0.2, 0.25) is 5.12 Å². The Balaban J connectivity index is 1.90. The van der Waals surface area contributed by atoms with Crippen LogP contribution in [-0.4, -0.2) is 55.2 Å². The molecule has 1 aliphatic heterocycles. The number of anilines is 1. The number of carboxylic acids is 1. The van der Waals surface area contributed by atoms with Crippen LogP contribution in [0.1, 0.15) is 10.4 Å². The number of aromatic carboxylic acids is 1. The van der Waals surface area contributed by atoms with Crippen molar-refractivity contribution in [3.8, 4) is 11.3 Å². The van der Waals surface area contributed by atoms with Gasteiger partial charge in [-0.05, 0) is 18.2 Å². The lowest BCUT2D eigenvalue weighted by molar-refractivity contribution is -0.0699. The fourth-order valence-electron chi connectivity index (χ4n) is 3.06. The molecule has 0 bridgehead atoms. The molecular weight excluding hydrogens is 366 g/mol. The first kappa shape index (κ1) is 17.7. The summed E-state index contributed by atoms with van der Waals surface area (Å²) in [5.74, 6) is -0.00802. The van der Waals surface area contributed by atoms with Crippen LogP contribution in [0.25, 0.3) is 22.3 Å². The number of hydrogen-bond donors (Lipinski definition) is 3. The summed E-state index contributed by atoms with van der Waals surface area (Å²) in [6.07, 6.45) is 0. The maximum absolute atomic E-state index is 11.3. The standard InChI is InChI=1S/C19H17N3O4S/c23-18(24)13-6-7-14-15(10-13)21-17(22-8-9-27-19(25,26)11-22)16(20-14)12-4-2-1-3-5-12/h1-7,10,25-26H,8-9,11H2,(H,23,24).